The van der Waals surface area contributed by atoms with Gasteiger partial charge in [-0.1, -0.05) is 18.6 Å². The molecule has 0 atom stereocenters. The predicted octanol–water partition coefficient (Wildman–Crippen LogP) is 5.27. The zero-order valence-corrected chi connectivity index (χ0v) is 18.7. The van der Waals surface area contributed by atoms with Crippen LogP contribution in [0.1, 0.15) is 47.0 Å². The van der Waals surface area contributed by atoms with Crippen molar-refractivity contribution in [2.45, 2.75) is 31.7 Å². The maximum Gasteiger partial charge on any atom is 0.342 e. The number of amides is 2. The minimum Gasteiger partial charge on any atom is -0.507 e. The molecule has 0 bridgehead atoms. The summed E-state index contributed by atoms with van der Waals surface area (Å²) >= 11 is 0. The Morgan fingerprint density at radius 3 is 2.57 bits per heavy atom. The number of nitrogens with one attached hydrogen (secondary N) is 2. The van der Waals surface area contributed by atoms with Gasteiger partial charge in [0.2, 0.25) is 0 Å². The lowest BCUT2D eigenvalue weighted by Gasteiger charge is -2.25. The molecule has 0 spiro atoms. The van der Waals surface area contributed by atoms with E-state index in [2.05, 4.69) is 15.7 Å². The third kappa shape index (κ3) is 4.79. The number of halogens is 1. The molecule has 2 aromatic carbocycles. The molecule has 1 aliphatic carbocycles. The third-order valence-electron chi connectivity index (χ3n) is 6.09. The van der Waals surface area contributed by atoms with Gasteiger partial charge in [0.1, 0.15) is 11.6 Å². The van der Waals surface area contributed by atoms with Crippen LogP contribution in [0.25, 0.3) is 11.3 Å². The van der Waals surface area contributed by atoms with Crippen molar-refractivity contribution in [1.29, 1.82) is 0 Å². The van der Waals surface area contributed by atoms with E-state index in [-0.39, 0.29) is 29.8 Å². The Morgan fingerprint density at radius 2 is 1.91 bits per heavy atom. The van der Waals surface area contributed by atoms with Crippen LogP contribution in [0.5, 0.6) is 5.75 Å². The number of carbonyl (C=O) groups is 2. The van der Waals surface area contributed by atoms with Crippen molar-refractivity contribution >= 4 is 17.6 Å². The summed E-state index contributed by atoms with van der Waals surface area (Å²) in [5, 5.41) is 20.6. The molecule has 2 heterocycles. The number of hydrogen-bond acceptors (Lipinski definition) is 5. The van der Waals surface area contributed by atoms with Gasteiger partial charge in [0.05, 0.1) is 17.7 Å². The minimum atomic E-state index is -0.434. The largest absolute Gasteiger partial charge is 0.507 e. The first-order valence-electron chi connectivity index (χ1n) is 11.3. The highest BCUT2D eigenvalue weighted by molar-refractivity contribution is 6.02. The molecule has 2 amide bonds. The van der Waals surface area contributed by atoms with E-state index in [4.69, 9.17) is 4.42 Å². The Balaban J connectivity index is 1.36. The van der Waals surface area contributed by atoms with Crippen LogP contribution in [0.4, 0.5) is 14.9 Å². The topological polar surface area (TPSA) is 109 Å². The summed E-state index contributed by atoms with van der Waals surface area (Å²) in [7, 11) is 0. The van der Waals surface area contributed by atoms with E-state index in [1.807, 2.05) is 6.07 Å². The number of benzene rings is 2. The molecule has 2 aromatic heterocycles. The van der Waals surface area contributed by atoms with E-state index in [9.17, 15) is 19.1 Å². The molecular formula is C26H23FN4O4. The molecule has 1 aliphatic rings. The monoisotopic (exact) mass is 474 g/mol. The maximum atomic E-state index is 13.1. The second-order valence-corrected chi connectivity index (χ2v) is 8.44. The van der Waals surface area contributed by atoms with E-state index in [0.29, 0.717) is 16.9 Å². The van der Waals surface area contributed by atoms with Crippen LogP contribution in [0.15, 0.2) is 71.3 Å². The zero-order valence-electron chi connectivity index (χ0n) is 18.7. The van der Waals surface area contributed by atoms with Crippen LogP contribution >= 0.6 is 0 Å². The first kappa shape index (κ1) is 22.4. The minimum absolute atomic E-state index is 0.0845. The standard InChI is InChI=1S/C26H23FN4O4/c27-18-8-6-16(7-9-18)15-28-26(34)31-22(17-3-1-4-17)14-21(30-31)20-11-10-19(13-23(20)32)29-25(33)24-5-2-12-35-24/h2,5-14,17,32H,1,3-4,15H2,(H,28,34)(H,29,33). The zero-order chi connectivity index (χ0) is 24.4. The average molecular weight is 474 g/mol. The van der Waals surface area contributed by atoms with Crippen molar-refractivity contribution in [3.05, 3.63) is 89.8 Å². The van der Waals surface area contributed by atoms with E-state index >= 15 is 0 Å². The van der Waals surface area contributed by atoms with Crippen LogP contribution in [-0.4, -0.2) is 26.8 Å². The molecule has 0 aliphatic heterocycles. The number of rotatable bonds is 6. The number of phenolic OH excluding ortho intramolecular Hbond substituents is 1. The van der Waals surface area contributed by atoms with Gasteiger partial charge in [-0.3, -0.25) is 4.79 Å². The van der Waals surface area contributed by atoms with Gasteiger partial charge in [0, 0.05) is 29.8 Å². The fourth-order valence-corrected chi connectivity index (χ4v) is 3.97. The number of hydrogen-bond donors (Lipinski definition) is 3. The van der Waals surface area contributed by atoms with Crippen molar-refractivity contribution < 1.29 is 23.5 Å². The average Bonchev–Trinajstić information content (AvgIpc) is 3.48. The van der Waals surface area contributed by atoms with Gasteiger partial charge in [-0.15, -0.1) is 0 Å². The second kappa shape index (κ2) is 9.46. The molecule has 4 aromatic rings. The lowest BCUT2D eigenvalue weighted by Crippen LogP contribution is -2.31. The summed E-state index contributed by atoms with van der Waals surface area (Å²) in [6, 6.07) is 15.2. The highest BCUT2D eigenvalue weighted by Crippen LogP contribution is 2.39. The fraction of sp³-hybridized carbons (Fsp3) is 0.192. The molecule has 1 saturated carbocycles. The highest BCUT2D eigenvalue weighted by atomic mass is 19.1. The predicted molar refractivity (Wildman–Crippen MR) is 127 cm³/mol. The van der Waals surface area contributed by atoms with E-state index in [1.54, 1.807) is 36.4 Å². The molecule has 9 heteroatoms. The lowest BCUT2D eigenvalue weighted by atomic mass is 9.82. The van der Waals surface area contributed by atoms with Gasteiger partial charge in [0.25, 0.3) is 5.91 Å². The number of aromatic nitrogens is 2. The van der Waals surface area contributed by atoms with Crippen molar-refractivity contribution in [1.82, 2.24) is 15.1 Å². The number of carbonyl (C=O) groups excluding carboxylic acids is 2. The van der Waals surface area contributed by atoms with Gasteiger partial charge in [-0.2, -0.15) is 9.78 Å². The van der Waals surface area contributed by atoms with Crippen molar-refractivity contribution in [3.63, 3.8) is 0 Å². The molecule has 0 saturated heterocycles. The van der Waals surface area contributed by atoms with Crippen molar-refractivity contribution in [3.8, 4) is 17.0 Å². The van der Waals surface area contributed by atoms with E-state index in [1.165, 1.54) is 29.1 Å². The Labute approximate surface area is 200 Å². The maximum absolute atomic E-state index is 13.1. The van der Waals surface area contributed by atoms with E-state index < -0.39 is 11.9 Å². The highest BCUT2D eigenvalue weighted by Gasteiger charge is 2.27. The van der Waals surface area contributed by atoms with Gasteiger partial charge in [-0.05, 0) is 60.9 Å². The summed E-state index contributed by atoms with van der Waals surface area (Å²) in [4.78, 5) is 25.2. The van der Waals surface area contributed by atoms with Crippen LogP contribution in [0.2, 0.25) is 0 Å². The Morgan fingerprint density at radius 1 is 1.11 bits per heavy atom. The van der Waals surface area contributed by atoms with E-state index in [0.717, 1.165) is 30.5 Å². The molecular weight excluding hydrogens is 451 g/mol. The molecule has 3 N–H and O–H groups in total. The molecule has 178 valence electrons. The van der Waals surface area contributed by atoms with Crippen LogP contribution in [0.3, 0.4) is 0 Å². The third-order valence-corrected chi connectivity index (χ3v) is 6.09. The van der Waals surface area contributed by atoms with Gasteiger partial charge in [-0.25, -0.2) is 9.18 Å². The van der Waals surface area contributed by atoms with Gasteiger partial charge >= 0.3 is 6.03 Å². The molecule has 5 rings (SSSR count). The van der Waals surface area contributed by atoms with Crippen LogP contribution in [-0.2, 0) is 6.54 Å². The molecule has 35 heavy (non-hydrogen) atoms. The smallest absolute Gasteiger partial charge is 0.342 e. The Bertz CT molecular complexity index is 1360. The quantitative estimate of drug-likeness (QED) is 0.353. The summed E-state index contributed by atoms with van der Waals surface area (Å²) in [6.45, 7) is 0.230. The summed E-state index contributed by atoms with van der Waals surface area (Å²) in [6.07, 6.45) is 4.40. The normalized spacial score (nSPS) is 13.3. The SMILES string of the molecule is O=C(Nc1ccc(-c2cc(C3CCC3)n(C(=O)NCc3ccc(F)cc3)n2)c(O)c1)c1ccco1. The second-order valence-electron chi connectivity index (χ2n) is 8.44. The summed E-state index contributed by atoms with van der Waals surface area (Å²) in [5.74, 6) is -0.489. The van der Waals surface area contributed by atoms with Gasteiger partial charge < -0.3 is 20.2 Å². The van der Waals surface area contributed by atoms with Crippen LogP contribution in [0, 0.1) is 5.82 Å². The van der Waals surface area contributed by atoms with Crippen LogP contribution < -0.4 is 10.6 Å². The van der Waals surface area contributed by atoms with Crippen molar-refractivity contribution in [2.24, 2.45) is 0 Å². The number of aromatic hydroxyl groups is 1. The van der Waals surface area contributed by atoms with Crippen molar-refractivity contribution in [2.75, 3.05) is 5.32 Å². The number of anilines is 1. The first-order valence-corrected chi connectivity index (χ1v) is 11.3. The summed E-state index contributed by atoms with van der Waals surface area (Å²) in [5.41, 5.74) is 2.82. The molecule has 1 fully saturated rings. The number of nitrogens with zero attached hydrogens (tertiary/aromatic N) is 2. The first-order chi connectivity index (χ1) is 17.0. The Kier molecular flexibility index (Phi) is 6.05. The molecule has 0 radical (unpaired) electrons. The number of phenols is 1. The lowest BCUT2D eigenvalue weighted by molar-refractivity contribution is 0.0996. The molecule has 0 unspecified atom stereocenters. The summed E-state index contributed by atoms with van der Waals surface area (Å²) < 4.78 is 19.6. The Hall–Kier alpha value is -4.40. The molecule has 8 nitrogen and oxygen atoms in total. The number of furan rings is 1. The fourth-order valence-electron chi connectivity index (χ4n) is 3.97. The van der Waals surface area contributed by atoms with Gasteiger partial charge in [0.15, 0.2) is 5.76 Å².